The van der Waals surface area contributed by atoms with Crippen molar-refractivity contribution in [1.82, 2.24) is 0 Å². The average Bonchev–Trinajstić information content (AvgIpc) is 2.73. The van der Waals surface area contributed by atoms with Gasteiger partial charge in [0.2, 0.25) is 0 Å². The molecule has 0 N–H and O–H groups in total. The Morgan fingerprint density at radius 3 is 2.82 bits per heavy atom. The van der Waals surface area contributed by atoms with E-state index in [-0.39, 0.29) is 6.10 Å². The van der Waals surface area contributed by atoms with E-state index in [2.05, 4.69) is 50.9 Å². The lowest BCUT2D eigenvalue weighted by molar-refractivity contribution is 0.0263. The lowest BCUT2D eigenvalue weighted by Crippen LogP contribution is -2.18. The van der Waals surface area contributed by atoms with Gasteiger partial charge in [0.15, 0.2) is 0 Å². The van der Waals surface area contributed by atoms with Gasteiger partial charge in [-0.2, -0.15) is 0 Å². The van der Waals surface area contributed by atoms with Crippen molar-refractivity contribution in [3.05, 3.63) is 28.2 Å². The monoisotopic (exact) mass is 362 g/mol. The van der Waals surface area contributed by atoms with Crippen molar-refractivity contribution in [2.45, 2.75) is 37.3 Å². The molecule has 0 bridgehead atoms. The molecule has 0 amide bonds. The lowest BCUT2D eigenvalue weighted by Gasteiger charge is -2.14. The number of alkyl halides is 1. The van der Waals surface area contributed by atoms with Gasteiger partial charge < -0.3 is 9.47 Å². The second-order valence-corrected chi connectivity index (χ2v) is 5.77. The highest BCUT2D eigenvalue weighted by Gasteiger charge is 2.22. The molecule has 0 aliphatic carbocycles. The predicted octanol–water partition coefficient (Wildman–Crippen LogP) is 4.29. The molecular weight excluding hydrogens is 348 g/mol. The van der Waals surface area contributed by atoms with Crippen LogP contribution >= 0.6 is 31.9 Å². The molecule has 2 atom stereocenters. The van der Waals surface area contributed by atoms with E-state index in [4.69, 9.17) is 9.47 Å². The largest absolute Gasteiger partial charge is 0.490 e. The number of hydrogen-bond donors (Lipinski definition) is 0. The van der Waals surface area contributed by atoms with Crippen molar-refractivity contribution >= 4 is 31.9 Å². The summed E-state index contributed by atoms with van der Waals surface area (Å²) in [5.41, 5.74) is 1.23. The van der Waals surface area contributed by atoms with Gasteiger partial charge in [0.05, 0.1) is 16.7 Å². The SMILES string of the molecule is CC1CCC(COc2ccc(CBr)cc2Br)O1. The van der Waals surface area contributed by atoms with E-state index in [0.29, 0.717) is 12.7 Å². The summed E-state index contributed by atoms with van der Waals surface area (Å²) in [6.07, 6.45) is 2.85. The molecule has 1 aromatic carbocycles. The standard InChI is InChI=1S/C13H16Br2O2/c1-9-2-4-11(17-9)8-16-13-5-3-10(7-14)6-12(13)15/h3,5-6,9,11H,2,4,7-8H2,1H3. The fourth-order valence-corrected chi connectivity index (χ4v) is 2.82. The van der Waals surface area contributed by atoms with Crippen LogP contribution in [-0.4, -0.2) is 18.8 Å². The van der Waals surface area contributed by atoms with E-state index in [0.717, 1.165) is 28.4 Å². The van der Waals surface area contributed by atoms with Gasteiger partial charge in [-0.25, -0.2) is 0 Å². The zero-order chi connectivity index (χ0) is 12.3. The van der Waals surface area contributed by atoms with Crippen LogP contribution in [0.15, 0.2) is 22.7 Å². The maximum atomic E-state index is 5.78. The molecule has 1 saturated heterocycles. The van der Waals surface area contributed by atoms with Gasteiger partial charge in [0.1, 0.15) is 12.4 Å². The Morgan fingerprint density at radius 2 is 2.24 bits per heavy atom. The molecule has 17 heavy (non-hydrogen) atoms. The van der Waals surface area contributed by atoms with Crippen molar-refractivity contribution in [2.24, 2.45) is 0 Å². The topological polar surface area (TPSA) is 18.5 Å². The zero-order valence-corrected chi connectivity index (χ0v) is 13.0. The zero-order valence-electron chi connectivity index (χ0n) is 9.79. The fraction of sp³-hybridized carbons (Fsp3) is 0.538. The molecule has 2 rings (SSSR count). The molecule has 0 saturated carbocycles. The summed E-state index contributed by atoms with van der Waals surface area (Å²) in [5, 5.41) is 0.856. The van der Waals surface area contributed by atoms with Crippen LogP contribution in [-0.2, 0) is 10.1 Å². The molecule has 1 aromatic rings. The van der Waals surface area contributed by atoms with Gasteiger partial charge in [0.25, 0.3) is 0 Å². The van der Waals surface area contributed by atoms with Crippen LogP contribution in [0.4, 0.5) is 0 Å². The Bertz CT molecular complexity index is 382. The second-order valence-electron chi connectivity index (χ2n) is 4.36. The Balaban J connectivity index is 1.90. The summed E-state index contributed by atoms with van der Waals surface area (Å²) in [7, 11) is 0. The van der Waals surface area contributed by atoms with Crippen LogP contribution in [0.1, 0.15) is 25.3 Å². The summed E-state index contributed by atoms with van der Waals surface area (Å²) < 4.78 is 12.5. The Kier molecular flexibility index (Phi) is 4.88. The molecule has 0 aromatic heterocycles. The van der Waals surface area contributed by atoms with Crippen molar-refractivity contribution < 1.29 is 9.47 Å². The molecule has 0 radical (unpaired) electrons. The van der Waals surface area contributed by atoms with E-state index in [1.165, 1.54) is 5.56 Å². The number of benzene rings is 1. The summed E-state index contributed by atoms with van der Waals surface area (Å²) in [6.45, 7) is 2.75. The van der Waals surface area contributed by atoms with E-state index < -0.39 is 0 Å². The third-order valence-electron chi connectivity index (χ3n) is 2.90. The minimum atomic E-state index is 0.243. The van der Waals surface area contributed by atoms with Crippen LogP contribution in [0, 0.1) is 0 Å². The van der Waals surface area contributed by atoms with Gasteiger partial charge in [-0.1, -0.05) is 22.0 Å². The predicted molar refractivity (Wildman–Crippen MR) is 75.8 cm³/mol. The van der Waals surface area contributed by atoms with E-state index in [1.807, 2.05) is 6.07 Å². The quantitative estimate of drug-likeness (QED) is 0.743. The summed E-state index contributed by atoms with van der Waals surface area (Å²) in [5.74, 6) is 0.887. The van der Waals surface area contributed by atoms with Gasteiger partial charge in [-0.15, -0.1) is 0 Å². The highest BCUT2D eigenvalue weighted by atomic mass is 79.9. The minimum Gasteiger partial charge on any atom is -0.490 e. The first-order chi connectivity index (χ1) is 8.19. The molecule has 94 valence electrons. The number of hydrogen-bond acceptors (Lipinski definition) is 2. The second kappa shape index (κ2) is 6.21. The third-order valence-corrected chi connectivity index (χ3v) is 4.16. The van der Waals surface area contributed by atoms with E-state index in [1.54, 1.807) is 0 Å². The molecule has 2 nitrogen and oxygen atoms in total. The minimum absolute atomic E-state index is 0.243. The van der Waals surface area contributed by atoms with Crippen LogP contribution in [0.2, 0.25) is 0 Å². The first-order valence-corrected chi connectivity index (χ1v) is 7.73. The molecule has 0 spiro atoms. The summed E-state index contributed by atoms with van der Waals surface area (Å²) >= 11 is 6.96. The first kappa shape index (κ1) is 13.4. The Morgan fingerprint density at radius 1 is 1.41 bits per heavy atom. The normalized spacial score (nSPS) is 23.9. The van der Waals surface area contributed by atoms with Gasteiger partial charge >= 0.3 is 0 Å². The number of ether oxygens (including phenoxy) is 2. The molecular formula is C13H16Br2O2. The van der Waals surface area contributed by atoms with Crippen LogP contribution in [0.3, 0.4) is 0 Å². The first-order valence-electron chi connectivity index (χ1n) is 5.81. The Labute approximate surface area is 119 Å². The van der Waals surface area contributed by atoms with E-state index >= 15 is 0 Å². The maximum absolute atomic E-state index is 5.78. The van der Waals surface area contributed by atoms with Crippen LogP contribution < -0.4 is 4.74 Å². The summed E-state index contributed by atoms with van der Waals surface area (Å²) in [6, 6.07) is 6.13. The van der Waals surface area contributed by atoms with Crippen molar-refractivity contribution in [3.63, 3.8) is 0 Å². The number of halogens is 2. The molecule has 4 heteroatoms. The van der Waals surface area contributed by atoms with Crippen molar-refractivity contribution in [1.29, 1.82) is 0 Å². The number of rotatable bonds is 4. The smallest absolute Gasteiger partial charge is 0.133 e. The third kappa shape index (κ3) is 3.70. The van der Waals surface area contributed by atoms with E-state index in [9.17, 15) is 0 Å². The molecule has 1 aliphatic heterocycles. The van der Waals surface area contributed by atoms with Gasteiger partial charge in [-0.05, 0) is 53.4 Å². The van der Waals surface area contributed by atoms with Crippen LogP contribution in [0.25, 0.3) is 0 Å². The average molecular weight is 364 g/mol. The fourth-order valence-electron chi connectivity index (χ4n) is 1.94. The lowest BCUT2D eigenvalue weighted by atomic mass is 10.2. The van der Waals surface area contributed by atoms with Crippen molar-refractivity contribution in [2.75, 3.05) is 6.61 Å². The molecule has 1 aliphatic rings. The Hall–Kier alpha value is -0.0600. The molecule has 1 fully saturated rings. The highest BCUT2D eigenvalue weighted by Crippen LogP contribution is 2.28. The van der Waals surface area contributed by atoms with Crippen molar-refractivity contribution in [3.8, 4) is 5.75 Å². The maximum Gasteiger partial charge on any atom is 0.133 e. The molecule has 1 heterocycles. The molecule has 2 unspecified atom stereocenters. The van der Waals surface area contributed by atoms with Gasteiger partial charge in [-0.3, -0.25) is 0 Å². The van der Waals surface area contributed by atoms with Crippen LogP contribution in [0.5, 0.6) is 5.75 Å². The highest BCUT2D eigenvalue weighted by molar-refractivity contribution is 9.10. The van der Waals surface area contributed by atoms with Gasteiger partial charge in [0, 0.05) is 5.33 Å². The summed E-state index contributed by atoms with van der Waals surface area (Å²) in [4.78, 5) is 0.